The van der Waals surface area contributed by atoms with E-state index in [1.165, 1.54) is 10.0 Å². The Labute approximate surface area is 227 Å². The number of carbonyl (C=O) groups is 3. The highest BCUT2D eigenvalue weighted by atomic mass is 35.5. The highest BCUT2D eigenvalue weighted by Crippen LogP contribution is 2.40. The van der Waals surface area contributed by atoms with Gasteiger partial charge in [0, 0.05) is 6.42 Å². The maximum Gasteiger partial charge on any atom is 0.264 e. The van der Waals surface area contributed by atoms with Gasteiger partial charge in [0.05, 0.1) is 27.5 Å². The third-order valence-corrected chi connectivity index (χ3v) is 7.38. The first-order chi connectivity index (χ1) is 18.4. The fourth-order valence-corrected chi connectivity index (χ4v) is 5.53. The predicted octanol–water partition coefficient (Wildman–Crippen LogP) is 4.66. The smallest absolute Gasteiger partial charge is 0.264 e. The SMILES string of the molecule is O=C1[C@@H]2[C@@H](N=NN2CC(=O)N2N=C(c3ccccc3)C[C@@H]2c2ccccc2)C(=O)N1c1c(Cl)cccc1Cl. The molecule has 0 unspecified atom stereocenters. The minimum atomic E-state index is -1.09. The first-order valence-electron chi connectivity index (χ1n) is 11.9. The summed E-state index contributed by atoms with van der Waals surface area (Å²) in [4.78, 5) is 41.1. The molecule has 3 aromatic carbocycles. The molecule has 0 radical (unpaired) electrons. The number of benzene rings is 3. The van der Waals surface area contributed by atoms with Gasteiger partial charge in [0.25, 0.3) is 17.7 Å². The standard InChI is InChI=1S/C27H20Cl2N6O3/c28-18-12-7-13-19(29)24(18)34-26(37)23-25(27(34)38)33(32-30-23)15-22(36)35-21(17-10-5-2-6-11-17)14-20(31-35)16-8-3-1-4-9-16/h1-13,21,23,25H,14-15H2/t21-,23-,25+/m1/s1. The van der Waals surface area contributed by atoms with Crippen LogP contribution in [0.3, 0.4) is 0 Å². The summed E-state index contributed by atoms with van der Waals surface area (Å²) in [6.45, 7) is -0.289. The van der Waals surface area contributed by atoms with Crippen molar-refractivity contribution in [2.75, 3.05) is 11.4 Å². The first-order valence-corrected chi connectivity index (χ1v) is 12.7. The van der Waals surface area contributed by atoms with E-state index in [2.05, 4.69) is 15.4 Å². The maximum atomic E-state index is 13.6. The molecule has 0 bridgehead atoms. The van der Waals surface area contributed by atoms with Crippen molar-refractivity contribution in [2.24, 2.45) is 15.4 Å². The number of halogens is 2. The fraction of sp³-hybridized carbons (Fsp3) is 0.185. The second-order valence-electron chi connectivity index (χ2n) is 9.06. The lowest BCUT2D eigenvalue weighted by atomic mass is 9.98. The monoisotopic (exact) mass is 546 g/mol. The number of hydrazone groups is 1. The molecule has 3 heterocycles. The number of hydrogen-bond donors (Lipinski definition) is 0. The zero-order valence-corrected chi connectivity index (χ0v) is 21.3. The Morgan fingerprint density at radius 3 is 2.21 bits per heavy atom. The van der Waals surface area contributed by atoms with E-state index in [9.17, 15) is 14.4 Å². The van der Waals surface area contributed by atoms with Crippen LogP contribution in [0.5, 0.6) is 0 Å². The lowest BCUT2D eigenvalue weighted by molar-refractivity contribution is -0.135. The molecular weight excluding hydrogens is 527 g/mol. The average Bonchev–Trinajstić information content (AvgIpc) is 3.62. The molecule has 0 aromatic heterocycles. The molecule has 11 heteroatoms. The van der Waals surface area contributed by atoms with Crippen molar-refractivity contribution in [1.29, 1.82) is 0 Å². The van der Waals surface area contributed by atoms with Gasteiger partial charge in [0.1, 0.15) is 6.54 Å². The summed E-state index contributed by atoms with van der Waals surface area (Å²) in [6, 6.07) is 21.5. The van der Waals surface area contributed by atoms with E-state index in [-0.39, 0.29) is 34.2 Å². The predicted molar refractivity (Wildman–Crippen MR) is 142 cm³/mol. The summed E-state index contributed by atoms with van der Waals surface area (Å²) in [5.74, 6) is -1.57. The maximum absolute atomic E-state index is 13.6. The van der Waals surface area contributed by atoms with Crippen molar-refractivity contribution in [3.63, 3.8) is 0 Å². The summed E-state index contributed by atoms with van der Waals surface area (Å²) in [7, 11) is 0. The van der Waals surface area contributed by atoms with Crippen molar-refractivity contribution < 1.29 is 14.4 Å². The molecule has 6 rings (SSSR count). The second-order valence-corrected chi connectivity index (χ2v) is 9.87. The zero-order valence-electron chi connectivity index (χ0n) is 19.8. The summed E-state index contributed by atoms with van der Waals surface area (Å²) in [6.07, 6.45) is 0.531. The van der Waals surface area contributed by atoms with Crippen LogP contribution in [0.1, 0.15) is 23.6 Å². The molecule has 3 aromatic rings. The second kappa shape index (κ2) is 9.66. The van der Waals surface area contributed by atoms with Gasteiger partial charge in [-0.3, -0.25) is 19.4 Å². The van der Waals surface area contributed by atoms with Gasteiger partial charge >= 0.3 is 0 Å². The molecule has 190 valence electrons. The molecule has 38 heavy (non-hydrogen) atoms. The van der Waals surface area contributed by atoms with Crippen molar-refractivity contribution >= 4 is 52.3 Å². The van der Waals surface area contributed by atoms with E-state index < -0.39 is 23.9 Å². The molecule has 3 aliphatic rings. The molecule has 3 atom stereocenters. The normalized spacial score (nSPS) is 22.3. The number of imide groups is 1. The third kappa shape index (κ3) is 4.04. The summed E-state index contributed by atoms with van der Waals surface area (Å²) in [5, 5.41) is 15.7. The third-order valence-electron chi connectivity index (χ3n) is 6.77. The summed E-state index contributed by atoms with van der Waals surface area (Å²) in [5.41, 5.74) is 2.74. The molecule has 0 saturated carbocycles. The van der Waals surface area contributed by atoms with Crippen LogP contribution in [0, 0.1) is 0 Å². The van der Waals surface area contributed by atoms with E-state index in [1.807, 2.05) is 60.7 Å². The molecule has 0 N–H and O–H groups in total. The van der Waals surface area contributed by atoms with Crippen molar-refractivity contribution in [3.8, 4) is 0 Å². The quantitative estimate of drug-likeness (QED) is 0.434. The molecule has 9 nitrogen and oxygen atoms in total. The van der Waals surface area contributed by atoms with Gasteiger partial charge in [0.15, 0.2) is 12.1 Å². The lowest BCUT2D eigenvalue weighted by Gasteiger charge is -2.25. The molecular formula is C27H20Cl2N6O3. The Morgan fingerprint density at radius 1 is 0.868 bits per heavy atom. The van der Waals surface area contributed by atoms with Crippen LogP contribution < -0.4 is 4.90 Å². The van der Waals surface area contributed by atoms with Gasteiger partial charge < -0.3 is 0 Å². The first kappa shape index (κ1) is 24.3. The number of amides is 3. The number of nitrogens with zero attached hydrogens (tertiary/aromatic N) is 6. The molecule has 3 aliphatic heterocycles. The molecule has 0 aliphatic carbocycles. The van der Waals surface area contributed by atoms with E-state index in [0.717, 1.165) is 21.7 Å². The Morgan fingerprint density at radius 2 is 1.53 bits per heavy atom. The van der Waals surface area contributed by atoms with Crippen molar-refractivity contribution in [1.82, 2.24) is 10.0 Å². The number of carbonyl (C=O) groups excluding carboxylic acids is 3. The van der Waals surface area contributed by atoms with Gasteiger partial charge in [-0.2, -0.15) is 10.2 Å². The van der Waals surface area contributed by atoms with Gasteiger partial charge in [-0.1, -0.05) is 95.2 Å². The number of fused-ring (bicyclic) bond motifs is 1. The van der Waals surface area contributed by atoms with Gasteiger partial charge in [0.2, 0.25) is 0 Å². The van der Waals surface area contributed by atoms with Crippen LogP contribution >= 0.6 is 23.2 Å². The highest BCUT2D eigenvalue weighted by Gasteiger charge is 2.56. The molecule has 1 saturated heterocycles. The number of para-hydroxylation sites is 1. The number of hydrogen-bond acceptors (Lipinski definition) is 7. The highest BCUT2D eigenvalue weighted by molar-refractivity contribution is 6.42. The molecule has 1 fully saturated rings. The Bertz CT molecular complexity index is 1480. The van der Waals surface area contributed by atoms with E-state index in [4.69, 9.17) is 23.2 Å². The average molecular weight is 547 g/mol. The Balaban J connectivity index is 1.27. The largest absolute Gasteiger partial charge is 0.271 e. The van der Waals surface area contributed by atoms with E-state index in [1.54, 1.807) is 18.2 Å². The topological polar surface area (TPSA) is 98.0 Å². The van der Waals surface area contributed by atoms with E-state index >= 15 is 0 Å². The van der Waals surface area contributed by atoms with Gasteiger partial charge in [-0.15, -0.1) is 0 Å². The molecule has 3 amide bonds. The van der Waals surface area contributed by atoms with Crippen LogP contribution in [0.25, 0.3) is 0 Å². The van der Waals surface area contributed by atoms with Gasteiger partial charge in [-0.25, -0.2) is 9.91 Å². The number of anilines is 1. The minimum absolute atomic E-state index is 0.0995. The van der Waals surface area contributed by atoms with Crippen LogP contribution in [0.4, 0.5) is 5.69 Å². The summed E-state index contributed by atoms with van der Waals surface area (Å²) >= 11 is 12.5. The van der Waals surface area contributed by atoms with Gasteiger partial charge in [-0.05, 0) is 23.3 Å². The van der Waals surface area contributed by atoms with E-state index in [0.29, 0.717) is 6.42 Å². The van der Waals surface area contributed by atoms with Crippen molar-refractivity contribution in [3.05, 3.63) is 100 Å². The van der Waals surface area contributed by atoms with Crippen LogP contribution in [-0.4, -0.2) is 52.1 Å². The Hall–Kier alpha value is -4.08. The minimum Gasteiger partial charge on any atom is -0.271 e. The zero-order chi connectivity index (χ0) is 26.4. The summed E-state index contributed by atoms with van der Waals surface area (Å²) < 4.78 is 0. The fourth-order valence-electron chi connectivity index (χ4n) is 4.97. The Kier molecular flexibility index (Phi) is 6.17. The van der Waals surface area contributed by atoms with Crippen LogP contribution in [0.15, 0.2) is 94.3 Å². The van der Waals surface area contributed by atoms with Crippen LogP contribution in [-0.2, 0) is 14.4 Å². The lowest BCUT2D eigenvalue weighted by Crippen LogP contribution is -2.44. The molecule has 0 spiro atoms. The number of rotatable bonds is 5. The van der Waals surface area contributed by atoms with Crippen molar-refractivity contribution in [2.45, 2.75) is 24.5 Å². The van der Waals surface area contributed by atoms with Crippen LogP contribution in [0.2, 0.25) is 10.0 Å².